The standard InChI is InChI=1S/C34H26F2N4O5.4C2HF3O2/c35-27-14-25-31(16-29(27)41)44-32-17-30(42)28(36)15-26(32)34(25)24-8-7-20(13-23(24)33(43)45-34)39-11-12-40(18-21-5-1-3-9-37-21)19-22-6-2-4-10-38-22;4*3-2(4,5)1(6)7/h1-10,13-17,39,41-42H,11-12,18-19H2;4*(H,6,7). The first-order chi connectivity index (χ1) is 33.6. The van der Waals surface area contributed by atoms with Gasteiger partial charge in [-0.15, -0.1) is 0 Å². The number of carboxylic acids is 4. The van der Waals surface area contributed by atoms with E-state index in [-0.39, 0.29) is 28.2 Å². The molecule has 31 heteroatoms. The number of carbonyl (C=O) groups excluding carboxylic acids is 1. The van der Waals surface area contributed by atoms with Crippen LogP contribution in [-0.2, 0) is 42.6 Å². The van der Waals surface area contributed by atoms with E-state index >= 15 is 0 Å². The first-order valence-electron chi connectivity index (χ1n) is 19.2. The third-order valence-electron chi connectivity index (χ3n) is 8.89. The number of phenolic OH excluding ortho intramolecular Hbond substituents is 2. The molecule has 0 amide bonds. The summed E-state index contributed by atoms with van der Waals surface area (Å²) in [4.78, 5) is 60.1. The molecule has 0 saturated heterocycles. The van der Waals surface area contributed by atoms with Crippen molar-refractivity contribution in [2.24, 2.45) is 0 Å². The lowest BCUT2D eigenvalue weighted by molar-refractivity contribution is -0.193. The van der Waals surface area contributed by atoms with Gasteiger partial charge >= 0.3 is 54.6 Å². The van der Waals surface area contributed by atoms with E-state index in [0.717, 1.165) is 35.7 Å². The van der Waals surface area contributed by atoms with Gasteiger partial charge in [-0.05, 0) is 48.5 Å². The molecule has 7 rings (SSSR count). The predicted molar refractivity (Wildman–Crippen MR) is 214 cm³/mol. The van der Waals surface area contributed by atoms with E-state index in [0.29, 0.717) is 37.4 Å². The lowest BCUT2D eigenvalue weighted by atomic mass is 9.77. The van der Waals surface area contributed by atoms with E-state index in [2.05, 4.69) is 20.2 Å². The van der Waals surface area contributed by atoms with Crippen LogP contribution in [0.25, 0.3) is 0 Å². The van der Waals surface area contributed by atoms with Crippen molar-refractivity contribution in [1.82, 2.24) is 14.9 Å². The van der Waals surface area contributed by atoms with Crippen LogP contribution in [0.2, 0.25) is 0 Å². The van der Waals surface area contributed by atoms with Crippen molar-refractivity contribution in [2.75, 3.05) is 18.4 Å². The largest absolute Gasteiger partial charge is 0.505 e. The van der Waals surface area contributed by atoms with E-state index in [1.807, 2.05) is 36.4 Å². The zero-order valence-electron chi connectivity index (χ0n) is 35.7. The highest BCUT2D eigenvalue weighted by Gasteiger charge is 2.54. The number of halogens is 14. The van der Waals surface area contributed by atoms with E-state index in [1.165, 1.54) is 0 Å². The van der Waals surface area contributed by atoms with Gasteiger partial charge in [-0.2, -0.15) is 52.7 Å². The molecule has 394 valence electrons. The van der Waals surface area contributed by atoms with Crippen molar-refractivity contribution >= 4 is 35.5 Å². The molecule has 17 nitrogen and oxygen atoms in total. The van der Waals surface area contributed by atoms with Crippen LogP contribution in [0, 0.1) is 11.6 Å². The number of phenols is 2. The average molecular weight is 1060 g/mol. The number of esters is 1. The SMILES string of the molecule is O=C(O)C(F)(F)F.O=C(O)C(F)(F)F.O=C(O)C(F)(F)F.O=C(O)C(F)(F)F.O=C1OC2(c3cc(F)c(O)cc3Oc3cc(O)c(F)cc32)c2ccc(NCCN(Cc3ccccn3)Cc3ccccn3)cc21. The number of benzene rings is 3. The molecule has 2 aromatic heterocycles. The molecule has 2 aliphatic rings. The third kappa shape index (κ3) is 16.3. The van der Waals surface area contributed by atoms with Crippen molar-refractivity contribution < 1.29 is 126 Å². The highest BCUT2D eigenvalue weighted by Crippen LogP contribution is 2.58. The number of nitrogens with zero attached hydrogens (tertiary/aromatic N) is 3. The molecular formula is C42H30F14N4O13. The molecule has 3 aromatic carbocycles. The molecule has 7 N–H and O–H groups in total. The van der Waals surface area contributed by atoms with Crippen LogP contribution in [0.4, 0.5) is 67.2 Å². The number of nitrogens with one attached hydrogen (secondary N) is 1. The second-order valence-electron chi connectivity index (χ2n) is 14.0. The van der Waals surface area contributed by atoms with Crippen molar-refractivity contribution in [3.8, 4) is 23.0 Å². The zero-order chi connectivity index (χ0) is 55.4. The van der Waals surface area contributed by atoms with Gasteiger partial charge in [0.15, 0.2) is 28.7 Å². The molecule has 4 heterocycles. The van der Waals surface area contributed by atoms with Crippen molar-refractivity contribution in [3.63, 3.8) is 0 Å². The Labute approximate surface area is 397 Å². The lowest BCUT2D eigenvalue weighted by Gasteiger charge is -2.36. The first kappa shape index (κ1) is 58.8. The molecule has 0 fully saturated rings. The molecule has 1 spiro atoms. The Morgan fingerprint density at radius 2 is 0.959 bits per heavy atom. The number of carbonyl (C=O) groups is 5. The van der Waals surface area contributed by atoms with Gasteiger partial charge in [0.1, 0.15) is 11.5 Å². The normalized spacial score (nSPS) is 12.9. The van der Waals surface area contributed by atoms with Crippen molar-refractivity contribution in [2.45, 2.75) is 43.4 Å². The van der Waals surface area contributed by atoms with Crippen molar-refractivity contribution in [1.29, 1.82) is 0 Å². The van der Waals surface area contributed by atoms with Crippen LogP contribution in [-0.4, -0.2) is 113 Å². The van der Waals surface area contributed by atoms with Gasteiger partial charge < -0.3 is 45.4 Å². The minimum absolute atomic E-state index is 0.00355. The van der Waals surface area contributed by atoms with Crippen LogP contribution < -0.4 is 10.1 Å². The summed E-state index contributed by atoms with van der Waals surface area (Å²) in [5, 5.41) is 51.9. The molecule has 2 aliphatic heterocycles. The fourth-order valence-corrected chi connectivity index (χ4v) is 5.86. The molecule has 5 aromatic rings. The van der Waals surface area contributed by atoms with Gasteiger partial charge in [0.2, 0.25) is 0 Å². The second-order valence-corrected chi connectivity index (χ2v) is 14.0. The van der Waals surface area contributed by atoms with E-state index in [4.69, 9.17) is 49.1 Å². The maximum absolute atomic E-state index is 14.7. The summed E-state index contributed by atoms with van der Waals surface area (Å²) in [7, 11) is 0. The number of carboxylic acid groups (broad SMARTS) is 4. The average Bonchev–Trinajstić information content (AvgIpc) is 3.56. The summed E-state index contributed by atoms with van der Waals surface area (Å²) in [5.41, 5.74) is 1.38. The zero-order valence-corrected chi connectivity index (χ0v) is 35.7. The van der Waals surface area contributed by atoms with Gasteiger partial charge in [-0.25, -0.2) is 32.8 Å². The smallest absolute Gasteiger partial charge is 0.490 e. The minimum atomic E-state index is -5.08. The maximum atomic E-state index is 14.7. The highest BCUT2D eigenvalue weighted by molar-refractivity contribution is 5.98. The highest BCUT2D eigenvalue weighted by atomic mass is 19.4. The van der Waals surface area contributed by atoms with Crippen LogP contribution in [0.3, 0.4) is 0 Å². The molecular weight excluding hydrogens is 1030 g/mol. The Hall–Kier alpha value is -8.51. The summed E-state index contributed by atoms with van der Waals surface area (Å²) in [6, 6.07) is 20.7. The predicted octanol–water partition coefficient (Wildman–Crippen LogP) is 8.38. The molecule has 0 bridgehead atoms. The van der Waals surface area contributed by atoms with Crippen LogP contribution >= 0.6 is 0 Å². The third-order valence-corrected chi connectivity index (χ3v) is 8.89. The fraction of sp³-hybridized carbons (Fsp3) is 0.214. The molecule has 0 saturated carbocycles. The van der Waals surface area contributed by atoms with Crippen LogP contribution in [0.5, 0.6) is 23.0 Å². The number of aromatic hydroxyl groups is 2. The molecule has 0 aliphatic carbocycles. The van der Waals surface area contributed by atoms with E-state index < -0.39 is 83.3 Å². The van der Waals surface area contributed by atoms with Crippen LogP contribution in [0.1, 0.15) is 38.4 Å². The Kier molecular flexibility index (Phi) is 19.0. The number of pyridine rings is 2. The number of aliphatic carboxylic acids is 4. The molecule has 73 heavy (non-hydrogen) atoms. The summed E-state index contributed by atoms with van der Waals surface area (Å²) < 4.78 is 168. The number of rotatable bonds is 8. The monoisotopic (exact) mass is 1060 g/mol. The molecule has 0 unspecified atom stereocenters. The van der Waals surface area contributed by atoms with Gasteiger partial charge in [-0.1, -0.05) is 18.2 Å². The Morgan fingerprint density at radius 1 is 0.575 bits per heavy atom. The second kappa shape index (κ2) is 23.6. The number of hydrogen-bond acceptors (Lipinski definition) is 13. The topological polar surface area (TPSA) is 266 Å². The van der Waals surface area contributed by atoms with E-state index in [1.54, 1.807) is 30.6 Å². The number of anilines is 1. The quantitative estimate of drug-likeness (QED) is 0.0568. The van der Waals surface area contributed by atoms with Gasteiger partial charge in [0.25, 0.3) is 0 Å². The Morgan fingerprint density at radius 3 is 1.30 bits per heavy atom. The summed E-state index contributed by atoms with van der Waals surface area (Å²) >= 11 is 0. The number of ether oxygens (including phenoxy) is 2. The van der Waals surface area contributed by atoms with Gasteiger partial charge in [-0.3, -0.25) is 14.9 Å². The minimum Gasteiger partial charge on any atom is -0.505 e. The maximum Gasteiger partial charge on any atom is 0.490 e. The Balaban J connectivity index is 0.000000410. The number of alkyl halides is 12. The van der Waals surface area contributed by atoms with Gasteiger partial charge in [0.05, 0.1) is 28.1 Å². The summed E-state index contributed by atoms with van der Waals surface area (Å²) in [6.45, 7) is 2.36. The van der Waals surface area contributed by atoms with Gasteiger partial charge in [0, 0.05) is 62.0 Å². The number of aromatic nitrogens is 2. The van der Waals surface area contributed by atoms with E-state index in [9.17, 15) is 76.5 Å². The number of hydrogen-bond donors (Lipinski definition) is 7. The van der Waals surface area contributed by atoms with Crippen molar-refractivity contribution in [3.05, 3.63) is 137 Å². The lowest BCUT2D eigenvalue weighted by Crippen LogP contribution is -2.33. The fourth-order valence-electron chi connectivity index (χ4n) is 5.86. The summed E-state index contributed by atoms with van der Waals surface area (Å²) in [5.74, 6) is -15.0. The number of fused-ring (bicyclic) bond motifs is 6. The molecule has 0 radical (unpaired) electrons. The first-order valence-corrected chi connectivity index (χ1v) is 19.2. The Bertz CT molecular complexity index is 2580. The molecule has 0 atom stereocenters. The van der Waals surface area contributed by atoms with Crippen LogP contribution in [0.15, 0.2) is 91.3 Å². The summed E-state index contributed by atoms with van der Waals surface area (Å²) in [6.07, 6.45) is -16.8.